The van der Waals surface area contributed by atoms with E-state index in [9.17, 15) is 19.1 Å². The van der Waals surface area contributed by atoms with E-state index in [1.54, 1.807) is 19.1 Å². The third-order valence-corrected chi connectivity index (χ3v) is 3.15. The van der Waals surface area contributed by atoms with Crippen LogP contribution in [0.25, 0.3) is 0 Å². The van der Waals surface area contributed by atoms with Gasteiger partial charge in [-0.2, -0.15) is 0 Å². The Morgan fingerprint density at radius 3 is 2.65 bits per heavy atom. The van der Waals surface area contributed by atoms with Crippen molar-refractivity contribution in [1.82, 2.24) is 5.32 Å². The molecule has 7 heteroatoms. The monoisotopic (exact) mass is 320 g/mol. The third kappa shape index (κ3) is 4.40. The Bertz CT molecular complexity index is 691. The number of halogens is 1. The predicted octanol–water partition coefficient (Wildman–Crippen LogP) is 1.69. The molecule has 0 aliphatic carbocycles. The van der Waals surface area contributed by atoms with Crippen molar-refractivity contribution in [3.05, 3.63) is 53.7 Å². The number of aryl methyl sites for hydroxylation is 1. The van der Waals surface area contributed by atoms with Gasteiger partial charge < -0.3 is 20.2 Å². The summed E-state index contributed by atoms with van der Waals surface area (Å²) < 4.78 is 18.3. The molecule has 3 N–H and O–H groups in total. The quantitative estimate of drug-likeness (QED) is 0.748. The molecule has 1 atom stereocenters. The minimum absolute atomic E-state index is 0.181. The van der Waals surface area contributed by atoms with Gasteiger partial charge >= 0.3 is 11.8 Å². The molecule has 1 unspecified atom stereocenters. The number of nitrogens with one attached hydrogen (secondary N) is 2. The summed E-state index contributed by atoms with van der Waals surface area (Å²) in [6.45, 7) is 2.90. The summed E-state index contributed by atoms with van der Waals surface area (Å²) in [5, 5.41) is 14.8. The zero-order valence-electron chi connectivity index (χ0n) is 12.7. The number of hydrogen-bond donors (Lipinski definition) is 3. The Morgan fingerprint density at radius 1 is 1.30 bits per heavy atom. The lowest BCUT2D eigenvalue weighted by atomic mass is 10.0. The molecule has 0 radical (unpaired) electrons. The number of carbonyl (C=O) groups excluding carboxylic acids is 2. The molecule has 0 aliphatic rings. The first-order valence-electron chi connectivity index (χ1n) is 6.91. The van der Waals surface area contributed by atoms with Crippen molar-refractivity contribution < 1.29 is 23.5 Å². The maximum Gasteiger partial charge on any atom is 0.313 e. The highest BCUT2D eigenvalue weighted by Crippen LogP contribution is 2.19. The second-order valence-electron chi connectivity index (χ2n) is 5.41. The minimum Gasteiger partial charge on any atom is -0.466 e. The molecular weight excluding hydrogens is 303 g/mol. The maximum absolute atomic E-state index is 13.2. The molecule has 6 nitrogen and oxygen atoms in total. The molecule has 1 aromatic heterocycles. The smallest absolute Gasteiger partial charge is 0.313 e. The molecule has 0 fully saturated rings. The second-order valence-corrected chi connectivity index (χ2v) is 5.41. The number of hydrogen-bond acceptors (Lipinski definition) is 4. The topological polar surface area (TPSA) is 91.6 Å². The Hall–Kier alpha value is -2.67. The summed E-state index contributed by atoms with van der Waals surface area (Å²) in [6.07, 6.45) is 1.39. The van der Waals surface area contributed by atoms with Crippen molar-refractivity contribution in [2.45, 2.75) is 19.4 Å². The van der Waals surface area contributed by atoms with Gasteiger partial charge in [0.2, 0.25) is 0 Å². The van der Waals surface area contributed by atoms with Crippen LogP contribution in [0.1, 0.15) is 18.2 Å². The summed E-state index contributed by atoms with van der Waals surface area (Å²) in [4.78, 5) is 23.6. The molecule has 1 aromatic carbocycles. The fraction of sp³-hybridized carbons (Fsp3) is 0.250. The van der Waals surface area contributed by atoms with Crippen LogP contribution in [-0.2, 0) is 15.2 Å². The number of rotatable bonds is 4. The average molecular weight is 320 g/mol. The van der Waals surface area contributed by atoms with Crippen LogP contribution >= 0.6 is 0 Å². The van der Waals surface area contributed by atoms with Gasteiger partial charge in [0.05, 0.1) is 12.8 Å². The van der Waals surface area contributed by atoms with Crippen molar-refractivity contribution in [2.24, 2.45) is 0 Å². The van der Waals surface area contributed by atoms with Crippen LogP contribution in [-0.4, -0.2) is 23.5 Å². The number of furan rings is 1. The van der Waals surface area contributed by atoms with E-state index in [-0.39, 0.29) is 18.0 Å². The fourth-order valence-corrected chi connectivity index (χ4v) is 2.00. The number of benzene rings is 1. The molecule has 1 heterocycles. The van der Waals surface area contributed by atoms with Gasteiger partial charge in [-0.25, -0.2) is 4.39 Å². The number of carbonyl (C=O) groups is 2. The van der Waals surface area contributed by atoms with Crippen LogP contribution in [0.15, 0.2) is 41.0 Å². The number of anilines is 1. The van der Waals surface area contributed by atoms with Crippen LogP contribution in [0, 0.1) is 12.7 Å². The zero-order chi connectivity index (χ0) is 17.0. The van der Waals surface area contributed by atoms with Crippen LogP contribution in [0.4, 0.5) is 10.1 Å². The highest BCUT2D eigenvalue weighted by molar-refractivity contribution is 6.39. The van der Waals surface area contributed by atoms with Crippen molar-refractivity contribution in [3.8, 4) is 0 Å². The van der Waals surface area contributed by atoms with E-state index in [2.05, 4.69) is 10.6 Å². The van der Waals surface area contributed by atoms with Gasteiger partial charge in [0.25, 0.3) is 0 Å². The van der Waals surface area contributed by atoms with Crippen molar-refractivity contribution in [2.75, 3.05) is 11.9 Å². The SMILES string of the molecule is Cc1cc(F)cc(NC(=O)C(=O)NCC(C)(O)c2ccco2)c1. The summed E-state index contributed by atoms with van der Waals surface area (Å²) in [7, 11) is 0. The van der Waals surface area contributed by atoms with E-state index in [1.165, 1.54) is 25.3 Å². The zero-order valence-corrected chi connectivity index (χ0v) is 12.7. The average Bonchev–Trinajstić information content (AvgIpc) is 2.98. The largest absolute Gasteiger partial charge is 0.466 e. The van der Waals surface area contributed by atoms with Gasteiger partial charge in [0.15, 0.2) is 0 Å². The first kappa shape index (κ1) is 16.7. The lowest BCUT2D eigenvalue weighted by Crippen LogP contribution is -2.43. The Kier molecular flexibility index (Phi) is 4.80. The summed E-state index contributed by atoms with van der Waals surface area (Å²) >= 11 is 0. The van der Waals surface area contributed by atoms with E-state index in [0.717, 1.165) is 6.07 Å². The first-order valence-corrected chi connectivity index (χ1v) is 6.91. The second kappa shape index (κ2) is 6.62. The van der Waals surface area contributed by atoms with E-state index >= 15 is 0 Å². The Morgan fingerprint density at radius 2 is 2.04 bits per heavy atom. The molecule has 0 bridgehead atoms. The van der Waals surface area contributed by atoms with Crippen molar-refractivity contribution >= 4 is 17.5 Å². The number of amides is 2. The van der Waals surface area contributed by atoms with Gasteiger partial charge in [-0.05, 0) is 49.7 Å². The molecule has 0 spiro atoms. The van der Waals surface area contributed by atoms with Gasteiger partial charge in [0.1, 0.15) is 17.2 Å². The first-order chi connectivity index (χ1) is 10.8. The van der Waals surface area contributed by atoms with Crippen LogP contribution in [0.2, 0.25) is 0 Å². The van der Waals surface area contributed by atoms with Gasteiger partial charge in [-0.3, -0.25) is 9.59 Å². The summed E-state index contributed by atoms with van der Waals surface area (Å²) in [5.74, 6) is -2.15. The van der Waals surface area contributed by atoms with E-state index in [4.69, 9.17) is 4.42 Å². The summed E-state index contributed by atoms with van der Waals surface area (Å²) in [6, 6.07) is 7.10. The third-order valence-electron chi connectivity index (χ3n) is 3.15. The standard InChI is InChI=1S/C16H17FN2O4/c1-10-6-11(17)8-12(7-10)19-15(21)14(20)18-9-16(2,22)13-4-3-5-23-13/h3-8,22H,9H2,1-2H3,(H,18,20)(H,19,21). The predicted molar refractivity (Wildman–Crippen MR) is 81.1 cm³/mol. The highest BCUT2D eigenvalue weighted by atomic mass is 19.1. The lowest BCUT2D eigenvalue weighted by molar-refractivity contribution is -0.136. The molecule has 2 rings (SSSR count). The van der Waals surface area contributed by atoms with E-state index in [0.29, 0.717) is 5.56 Å². The number of aliphatic hydroxyl groups is 1. The molecule has 0 saturated heterocycles. The molecule has 2 amide bonds. The van der Waals surface area contributed by atoms with Crippen molar-refractivity contribution in [3.63, 3.8) is 0 Å². The van der Waals surface area contributed by atoms with Gasteiger partial charge in [-0.15, -0.1) is 0 Å². The molecule has 0 aliphatic heterocycles. The van der Waals surface area contributed by atoms with Crippen LogP contribution in [0.5, 0.6) is 0 Å². The summed E-state index contributed by atoms with van der Waals surface area (Å²) in [5.41, 5.74) is -0.656. The lowest BCUT2D eigenvalue weighted by Gasteiger charge is -2.20. The molecular formula is C16H17FN2O4. The Balaban J connectivity index is 1.94. The molecule has 2 aromatic rings. The molecule has 0 saturated carbocycles. The van der Waals surface area contributed by atoms with E-state index < -0.39 is 23.2 Å². The minimum atomic E-state index is -1.45. The van der Waals surface area contributed by atoms with Gasteiger partial charge in [-0.1, -0.05) is 0 Å². The van der Waals surface area contributed by atoms with Crippen LogP contribution < -0.4 is 10.6 Å². The normalized spacial score (nSPS) is 13.2. The Labute approximate surface area is 132 Å². The van der Waals surface area contributed by atoms with Gasteiger partial charge in [0, 0.05) is 5.69 Å². The van der Waals surface area contributed by atoms with Crippen molar-refractivity contribution in [1.29, 1.82) is 0 Å². The molecule has 23 heavy (non-hydrogen) atoms. The van der Waals surface area contributed by atoms with Crippen LogP contribution in [0.3, 0.4) is 0 Å². The fourth-order valence-electron chi connectivity index (χ4n) is 2.00. The highest BCUT2D eigenvalue weighted by Gasteiger charge is 2.28. The maximum atomic E-state index is 13.2. The molecule has 122 valence electrons. The van der Waals surface area contributed by atoms with E-state index in [1.807, 2.05) is 0 Å².